The fraction of sp³-hybridized carbons (Fsp3) is 0.250. The Morgan fingerprint density at radius 1 is 0.962 bits per heavy atom. The number of aryl methyl sites for hydroxylation is 2. The minimum atomic E-state index is 0.657. The fourth-order valence-electron chi connectivity index (χ4n) is 2.58. The van der Waals surface area contributed by atoms with Crippen LogP contribution in [0.4, 0.5) is 0 Å². The number of aromatic nitrogens is 3. The SMILES string of the molecule is CN=C(NCc1ccc(C)cc1)NCc1ccc(-n2ccnc2C)nc1. The molecule has 0 amide bonds. The Labute approximate surface area is 154 Å². The van der Waals surface area contributed by atoms with Gasteiger partial charge in [-0.15, -0.1) is 0 Å². The fourth-order valence-corrected chi connectivity index (χ4v) is 2.58. The van der Waals surface area contributed by atoms with Crippen LogP contribution >= 0.6 is 0 Å². The lowest BCUT2D eigenvalue weighted by Crippen LogP contribution is -2.36. The number of nitrogens with one attached hydrogen (secondary N) is 2. The van der Waals surface area contributed by atoms with E-state index in [-0.39, 0.29) is 0 Å². The molecular formula is C20H24N6. The van der Waals surface area contributed by atoms with Crippen molar-refractivity contribution in [2.45, 2.75) is 26.9 Å². The van der Waals surface area contributed by atoms with Crippen LogP contribution in [0.15, 0.2) is 60.0 Å². The topological polar surface area (TPSA) is 67.1 Å². The van der Waals surface area contributed by atoms with Crippen LogP contribution in [0.1, 0.15) is 22.5 Å². The summed E-state index contributed by atoms with van der Waals surface area (Å²) in [6.45, 7) is 5.44. The number of aliphatic imine (C=N–C) groups is 1. The van der Waals surface area contributed by atoms with Crippen molar-refractivity contribution in [1.82, 2.24) is 25.2 Å². The maximum Gasteiger partial charge on any atom is 0.191 e. The van der Waals surface area contributed by atoms with Crippen molar-refractivity contribution in [1.29, 1.82) is 0 Å². The van der Waals surface area contributed by atoms with E-state index >= 15 is 0 Å². The Kier molecular flexibility index (Phi) is 5.63. The largest absolute Gasteiger partial charge is 0.352 e. The predicted octanol–water partition coefficient (Wildman–Crippen LogP) is 2.75. The van der Waals surface area contributed by atoms with Gasteiger partial charge in [-0.25, -0.2) is 9.97 Å². The maximum absolute atomic E-state index is 4.51. The second kappa shape index (κ2) is 8.29. The third kappa shape index (κ3) is 4.47. The summed E-state index contributed by atoms with van der Waals surface area (Å²) in [5.41, 5.74) is 3.57. The summed E-state index contributed by atoms with van der Waals surface area (Å²) in [4.78, 5) is 13.0. The van der Waals surface area contributed by atoms with Gasteiger partial charge in [0, 0.05) is 38.7 Å². The summed E-state index contributed by atoms with van der Waals surface area (Å²) in [5.74, 6) is 2.55. The van der Waals surface area contributed by atoms with Crippen molar-refractivity contribution in [3.8, 4) is 5.82 Å². The lowest BCUT2D eigenvalue weighted by Gasteiger charge is -2.12. The molecule has 6 nitrogen and oxygen atoms in total. The molecule has 0 saturated carbocycles. The molecule has 0 spiro atoms. The Morgan fingerprint density at radius 3 is 2.23 bits per heavy atom. The molecule has 134 valence electrons. The van der Waals surface area contributed by atoms with Crippen LogP contribution in [0, 0.1) is 13.8 Å². The zero-order valence-corrected chi connectivity index (χ0v) is 15.4. The first-order valence-corrected chi connectivity index (χ1v) is 8.61. The molecule has 2 N–H and O–H groups in total. The second-order valence-corrected chi connectivity index (χ2v) is 6.13. The molecule has 3 rings (SSSR count). The van der Waals surface area contributed by atoms with Gasteiger partial charge in [-0.05, 0) is 31.0 Å². The number of benzene rings is 1. The highest BCUT2D eigenvalue weighted by Gasteiger charge is 2.03. The predicted molar refractivity (Wildman–Crippen MR) is 104 cm³/mol. The Morgan fingerprint density at radius 2 is 1.65 bits per heavy atom. The van der Waals surface area contributed by atoms with Crippen molar-refractivity contribution in [2.24, 2.45) is 4.99 Å². The molecule has 6 heteroatoms. The molecule has 26 heavy (non-hydrogen) atoms. The number of nitrogens with zero attached hydrogens (tertiary/aromatic N) is 4. The van der Waals surface area contributed by atoms with Crippen molar-refractivity contribution in [3.05, 3.63) is 77.5 Å². The first-order valence-electron chi connectivity index (χ1n) is 8.61. The molecule has 0 saturated heterocycles. The van der Waals surface area contributed by atoms with Crippen LogP contribution in [-0.4, -0.2) is 27.5 Å². The lowest BCUT2D eigenvalue weighted by molar-refractivity contribution is 0.805. The summed E-state index contributed by atoms with van der Waals surface area (Å²) < 4.78 is 1.96. The summed E-state index contributed by atoms with van der Waals surface area (Å²) in [6, 6.07) is 12.5. The van der Waals surface area contributed by atoms with Gasteiger partial charge in [-0.1, -0.05) is 35.9 Å². The maximum atomic E-state index is 4.51. The van der Waals surface area contributed by atoms with Gasteiger partial charge in [0.05, 0.1) is 0 Å². The van der Waals surface area contributed by atoms with Crippen LogP contribution in [0.3, 0.4) is 0 Å². The number of rotatable bonds is 5. The van der Waals surface area contributed by atoms with E-state index in [2.05, 4.69) is 62.8 Å². The van der Waals surface area contributed by atoms with Crippen LogP contribution in [0.25, 0.3) is 5.82 Å². The number of imidazole rings is 1. The molecule has 0 bridgehead atoms. The Balaban J connectivity index is 1.53. The minimum Gasteiger partial charge on any atom is -0.352 e. The highest BCUT2D eigenvalue weighted by molar-refractivity contribution is 5.79. The van der Waals surface area contributed by atoms with Crippen molar-refractivity contribution >= 4 is 5.96 Å². The van der Waals surface area contributed by atoms with Gasteiger partial charge >= 0.3 is 0 Å². The van der Waals surface area contributed by atoms with E-state index in [0.29, 0.717) is 6.54 Å². The molecular weight excluding hydrogens is 324 g/mol. The molecule has 0 aliphatic heterocycles. The van der Waals surface area contributed by atoms with E-state index in [4.69, 9.17) is 0 Å². The van der Waals surface area contributed by atoms with Gasteiger partial charge in [-0.2, -0.15) is 0 Å². The lowest BCUT2D eigenvalue weighted by atomic mass is 10.1. The number of pyridine rings is 1. The zero-order valence-electron chi connectivity index (χ0n) is 15.4. The Bertz CT molecular complexity index is 862. The van der Waals surface area contributed by atoms with E-state index in [1.807, 2.05) is 30.0 Å². The molecule has 1 aromatic carbocycles. The summed E-state index contributed by atoms with van der Waals surface area (Å²) in [5, 5.41) is 6.64. The average Bonchev–Trinajstić information content (AvgIpc) is 3.10. The molecule has 0 unspecified atom stereocenters. The molecule has 2 aromatic heterocycles. The van der Waals surface area contributed by atoms with Crippen molar-refractivity contribution < 1.29 is 0 Å². The van der Waals surface area contributed by atoms with E-state index < -0.39 is 0 Å². The van der Waals surface area contributed by atoms with Gasteiger partial charge in [0.15, 0.2) is 5.96 Å². The van der Waals surface area contributed by atoms with Gasteiger partial charge in [0.1, 0.15) is 11.6 Å². The molecule has 0 aliphatic rings. The molecule has 0 radical (unpaired) electrons. The smallest absolute Gasteiger partial charge is 0.191 e. The zero-order chi connectivity index (χ0) is 18.4. The minimum absolute atomic E-state index is 0.657. The molecule has 0 atom stereocenters. The van der Waals surface area contributed by atoms with Gasteiger partial charge in [-0.3, -0.25) is 9.56 Å². The van der Waals surface area contributed by atoms with E-state index in [0.717, 1.165) is 29.7 Å². The summed E-state index contributed by atoms with van der Waals surface area (Å²) in [6.07, 6.45) is 5.55. The summed E-state index contributed by atoms with van der Waals surface area (Å²) >= 11 is 0. The average molecular weight is 348 g/mol. The van der Waals surface area contributed by atoms with E-state index in [1.165, 1.54) is 11.1 Å². The normalized spacial score (nSPS) is 11.4. The van der Waals surface area contributed by atoms with Crippen LogP contribution in [0.5, 0.6) is 0 Å². The quantitative estimate of drug-likeness (QED) is 0.550. The van der Waals surface area contributed by atoms with Gasteiger partial charge < -0.3 is 10.6 Å². The van der Waals surface area contributed by atoms with E-state index in [1.54, 1.807) is 13.2 Å². The third-order valence-electron chi connectivity index (χ3n) is 4.15. The molecule has 0 fully saturated rings. The van der Waals surface area contributed by atoms with E-state index in [9.17, 15) is 0 Å². The van der Waals surface area contributed by atoms with Crippen molar-refractivity contribution in [3.63, 3.8) is 0 Å². The van der Waals surface area contributed by atoms with Crippen LogP contribution < -0.4 is 10.6 Å². The standard InChI is InChI=1S/C20H24N6/c1-15-4-6-17(7-5-15)12-24-20(21-3)25-14-18-8-9-19(23-13-18)26-11-10-22-16(26)2/h4-11,13H,12,14H2,1-3H3,(H2,21,24,25). The second-order valence-electron chi connectivity index (χ2n) is 6.13. The molecule has 0 aliphatic carbocycles. The van der Waals surface area contributed by atoms with Crippen LogP contribution in [-0.2, 0) is 13.1 Å². The molecule has 3 aromatic rings. The Hall–Kier alpha value is -3.15. The monoisotopic (exact) mass is 348 g/mol. The van der Waals surface area contributed by atoms with Gasteiger partial charge in [0.2, 0.25) is 0 Å². The number of hydrogen-bond acceptors (Lipinski definition) is 3. The van der Waals surface area contributed by atoms with Gasteiger partial charge in [0.25, 0.3) is 0 Å². The number of hydrogen-bond donors (Lipinski definition) is 2. The highest BCUT2D eigenvalue weighted by Crippen LogP contribution is 2.08. The third-order valence-corrected chi connectivity index (χ3v) is 4.15. The first kappa shape index (κ1) is 17.7. The molecule has 2 heterocycles. The summed E-state index contributed by atoms with van der Waals surface area (Å²) in [7, 11) is 1.77. The number of guanidine groups is 1. The van der Waals surface area contributed by atoms with Crippen molar-refractivity contribution in [2.75, 3.05) is 7.05 Å². The first-order chi connectivity index (χ1) is 12.7. The van der Waals surface area contributed by atoms with Crippen LogP contribution in [0.2, 0.25) is 0 Å². The highest BCUT2D eigenvalue weighted by atomic mass is 15.2.